The van der Waals surface area contributed by atoms with Crippen molar-refractivity contribution in [3.63, 3.8) is 0 Å². The Balaban J connectivity index is 1.64. The van der Waals surface area contributed by atoms with Gasteiger partial charge in [0.05, 0.1) is 35.7 Å². The molecule has 0 N–H and O–H groups in total. The van der Waals surface area contributed by atoms with Crippen LogP contribution in [0.15, 0.2) is 23.1 Å². The van der Waals surface area contributed by atoms with Crippen molar-refractivity contribution >= 4 is 21.1 Å². The molecule has 0 atom stereocenters. The van der Waals surface area contributed by atoms with Crippen LogP contribution in [0, 0.1) is 5.92 Å². The van der Waals surface area contributed by atoms with Gasteiger partial charge in [-0.3, -0.25) is 4.90 Å². The molecule has 1 saturated heterocycles. The molecule has 2 fully saturated rings. The number of ether oxygens (including phenoxy) is 1. The van der Waals surface area contributed by atoms with Crippen molar-refractivity contribution in [3.05, 3.63) is 24.0 Å². The van der Waals surface area contributed by atoms with Gasteiger partial charge < -0.3 is 9.30 Å². The number of morpholine rings is 1. The predicted molar refractivity (Wildman–Crippen MR) is 118 cm³/mol. The third kappa shape index (κ3) is 4.72. The van der Waals surface area contributed by atoms with E-state index < -0.39 is 10.0 Å². The number of fused-ring (bicyclic) bond motifs is 1. The number of imidazole rings is 1. The van der Waals surface area contributed by atoms with Gasteiger partial charge in [-0.25, -0.2) is 13.4 Å². The standard InChI is InChI=1S/C22H34N4O3S/c1-3-9-24(16-18-5-6-18)17-22-23-20-15-19(7-8-21(20)26(22)10-4-2)30(27,28)25-11-13-29-14-12-25/h7-8,15,18H,3-6,9-14,16-17H2,1-2H3. The summed E-state index contributed by atoms with van der Waals surface area (Å²) in [5.41, 5.74) is 1.80. The van der Waals surface area contributed by atoms with E-state index in [0.717, 1.165) is 61.8 Å². The fraction of sp³-hybridized carbons (Fsp3) is 0.682. The summed E-state index contributed by atoms with van der Waals surface area (Å²) in [7, 11) is -3.52. The van der Waals surface area contributed by atoms with Gasteiger partial charge in [0, 0.05) is 26.2 Å². The lowest BCUT2D eigenvalue weighted by Crippen LogP contribution is -2.40. The topological polar surface area (TPSA) is 67.7 Å². The summed E-state index contributed by atoms with van der Waals surface area (Å²) in [4.78, 5) is 7.75. The highest BCUT2D eigenvalue weighted by atomic mass is 32.2. The predicted octanol–water partition coefficient (Wildman–Crippen LogP) is 3.09. The zero-order valence-corrected chi connectivity index (χ0v) is 19.0. The molecular formula is C22H34N4O3S. The second-order valence-corrected chi connectivity index (χ2v) is 10.5. The van der Waals surface area contributed by atoms with E-state index in [2.05, 4.69) is 23.3 Å². The van der Waals surface area contributed by atoms with Crippen LogP contribution in [0.25, 0.3) is 11.0 Å². The molecule has 0 radical (unpaired) electrons. The van der Waals surface area contributed by atoms with Gasteiger partial charge >= 0.3 is 0 Å². The molecule has 4 rings (SSSR count). The minimum Gasteiger partial charge on any atom is -0.379 e. The van der Waals surface area contributed by atoms with Crippen LogP contribution in [0.5, 0.6) is 0 Å². The molecule has 1 saturated carbocycles. The molecule has 0 unspecified atom stereocenters. The van der Waals surface area contributed by atoms with E-state index in [4.69, 9.17) is 9.72 Å². The van der Waals surface area contributed by atoms with Crippen molar-refractivity contribution in [2.75, 3.05) is 39.4 Å². The van der Waals surface area contributed by atoms with Gasteiger partial charge in [-0.1, -0.05) is 13.8 Å². The minimum absolute atomic E-state index is 0.327. The highest BCUT2D eigenvalue weighted by molar-refractivity contribution is 7.89. The summed E-state index contributed by atoms with van der Waals surface area (Å²) >= 11 is 0. The van der Waals surface area contributed by atoms with Crippen molar-refractivity contribution < 1.29 is 13.2 Å². The van der Waals surface area contributed by atoms with Gasteiger partial charge in [0.15, 0.2) is 0 Å². The molecule has 0 spiro atoms. The van der Waals surface area contributed by atoms with E-state index >= 15 is 0 Å². The SMILES string of the molecule is CCCN(Cc1nc2cc(S(=O)(=O)N3CCOCC3)ccc2n1CCC)CC1CC1. The number of rotatable bonds is 10. The van der Waals surface area contributed by atoms with Gasteiger partial charge in [-0.05, 0) is 56.3 Å². The zero-order chi connectivity index (χ0) is 21.1. The lowest BCUT2D eigenvalue weighted by molar-refractivity contribution is 0.0730. The van der Waals surface area contributed by atoms with Crippen LogP contribution in [-0.2, 0) is 27.8 Å². The van der Waals surface area contributed by atoms with E-state index in [1.54, 1.807) is 12.1 Å². The number of sulfonamides is 1. The molecule has 0 bridgehead atoms. The van der Waals surface area contributed by atoms with Crippen LogP contribution in [-0.4, -0.2) is 66.6 Å². The first-order valence-corrected chi connectivity index (χ1v) is 12.8. The molecule has 2 aromatic rings. The van der Waals surface area contributed by atoms with E-state index in [-0.39, 0.29) is 0 Å². The summed E-state index contributed by atoms with van der Waals surface area (Å²) in [5, 5.41) is 0. The molecule has 8 heteroatoms. The molecule has 1 aromatic carbocycles. The van der Waals surface area contributed by atoms with E-state index in [0.29, 0.717) is 31.2 Å². The Morgan fingerprint density at radius 1 is 1.17 bits per heavy atom. The second kappa shape index (κ2) is 9.34. The van der Waals surface area contributed by atoms with Crippen molar-refractivity contribution in [2.45, 2.75) is 57.5 Å². The molecule has 0 amide bonds. The number of hydrogen-bond donors (Lipinski definition) is 0. The van der Waals surface area contributed by atoms with Crippen LogP contribution >= 0.6 is 0 Å². The summed E-state index contributed by atoms with van der Waals surface area (Å²) in [6.07, 6.45) is 4.83. The average Bonchev–Trinajstić information content (AvgIpc) is 3.50. The summed E-state index contributed by atoms with van der Waals surface area (Å²) in [5.74, 6) is 1.88. The average molecular weight is 435 g/mol. The van der Waals surface area contributed by atoms with Gasteiger partial charge in [-0.2, -0.15) is 4.31 Å². The van der Waals surface area contributed by atoms with Gasteiger partial charge in [0.1, 0.15) is 5.82 Å². The Kier molecular flexibility index (Phi) is 6.77. The maximum absolute atomic E-state index is 13.1. The monoisotopic (exact) mass is 434 g/mol. The van der Waals surface area contributed by atoms with Crippen molar-refractivity contribution in [3.8, 4) is 0 Å². The van der Waals surface area contributed by atoms with Crippen LogP contribution in [0.2, 0.25) is 0 Å². The number of benzene rings is 1. The Labute approximate surface area is 180 Å². The van der Waals surface area contributed by atoms with Gasteiger partial charge in [0.2, 0.25) is 10.0 Å². The molecular weight excluding hydrogens is 400 g/mol. The second-order valence-electron chi connectivity index (χ2n) is 8.53. The Morgan fingerprint density at radius 2 is 1.93 bits per heavy atom. The first-order valence-electron chi connectivity index (χ1n) is 11.3. The highest BCUT2D eigenvalue weighted by Gasteiger charge is 2.28. The quantitative estimate of drug-likeness (QED) is 0.575. The fourth-order valence-electron chi connectivity index (χ4n) is 4.27. The maximum atomic E-state index is 13.1. The largest absolute Gasteiger partial charge is 0.379 e. The molecule has 1 aliphatic carbocycles. The summed E-state index contributed by atoms with van der Waals surface area (Å²) in [6.45, 7) is 10.0. The molecule has 7 nitrogen and oxygen atoms in total. The number of aryl methyl sites for hydroxylation is 1. The zero-order valence-electron chi connectivity index (χ0n) is 18.2. The third-order valence-corrected chi connectivity index (χ3v) is 7.87. The fourth-order valence-corrected chi connectivity index (χ4v) is 5.69. The van der Waals surface area contributed by atoms with Gasteiger partial charge in [-0.15, -0.1) is 0 Å². The number of aromatic nitrogens is 2. The third-order valence-electron chi connectivity index (χ3n) is 5.97. The molecule has 1 aromatic heterocycles. The van der Waals surface area contributed by atoms with Crippen molar-refractivity contribution in [2.24, 2.45) is 5.92 Å². The highest BCUT2D eigenvalue weighted by Crippen LogP contribution is 2.31. The van der Waals surface area contributed by atoms with Gasteiger partial charge in [0.25, 0.3) is 0 Å². The lowest BCUT2D eigenvalue weighted by atomic mass is 10.3. The normalized spacial score (nSPS) is 18.5. The Bertz CT molecular complexity index is 962. The van der Waals surface area contributed by atoms with Crippen molar-refractivity contribution in [1.29, 1.82) is 0 Å². The molecule has 30 heavy (non-hydrogen) atoms. The Hall–Kier alpha value is -1.48. The van der Waals surface area contributed by atoms with Crippen LogP contribution in [0.4, 0.5) is 0 Å². The first-order chi connectivity index (χ1) is 14.5. The van der Waals surface area contributed by atoms with E-state index in [9.17, 15) is 8.42 Å². The smallest absolute Gasteiger partial charge is 0.243 e. The summed E-state index contributed by atoms with van der Waals surface area (Å²) < 4.78 is 35.2. The van der Waals surface area contributed by atoms with Crippen LogP contribution in [0.1, 0.15) is 45.4 Å². The van der Waals surface area contributed by atoms with E-state index in [1.165, 1.54) is 17.1 Å². The van der Waals surface area contributed by atoms with Crippen LogP contribution in [0.3, 0.4) is 0 Å². The minimum atomic E-state index is -3.52. The maximum Gasteiger partial charge on any atom is 0.243 e. The molecule has 1 aliphatic heterocycles. The number of hydrogen-bond acceptors (Lipinski definition) is 5. The lowest BCUT2D eigenvalue weighted by Gasteiger charge is -2.26. The molecule has 166 valence electrons. The number of nitrogens with zero attached hydrogens (tertiary/aromatic N) is 4. The van der Waals surface area contributed by atoms with E-state index in [1.807, 2.05) is 6.07 Å². The van der Waals surface area contributed by atoms with Crippen molar-refractivity contribution in [1.82, 2.24) is 18.8 Å². The van der Waals surface area contributed by atoms with Crippen LogP contribution < -0.4 is 0 Å². The molecule has 2 aliphatic rings. The summed E-state index contributed by atoms with van der Waals surface area (Å²) in [6, 6.07) is 5.42. The Morgan fingerprint density at radius 3 is 2.60 bits per heavy atom. The first kappa shape index (κ1) is 21.7. The molecule has 2 heterocycles.